The standard InChI is InChI=1S/C17H16F2N2O2/c1-17(23,14-6-5-13(18)9-15(14)19)11-21-16(22)7-4-12-3-2-8-20-10-12/h2-10,23H,11H2,1H3,(H,21,22). The van der Waals surface area contributed by atoms with Gasteiger partial charge in [0.2, 0.25) is 5.91 Å². The minimum absolute atomic E-state index is 0.0876. The highest BCUT2D eigenvalue weighted by atomic mass is 19.1. The summed E-state index contributed by atoms with van der Waals surface area (Å²) in [5.41, 5.74) is -0.996. The van der Waals surface area contributed by atoms with Crippen molar-refractivity contribution in [1.82, 2.24) is 10.3 Å². The summed E-state index contributed by atoms with van der Waals surface area (Å²) in [5.74, 6) is -2.04. The molecule has 0 aliphatic rings. The molecular formula is C17H16F2N2O2. The van der Waals surface area contributed by atoms with Gasteiger partial charge in [-0.1, -0.05) is 12.1 Å². The van der Waals surface area contributed by atoms with Crippen molar-refractivity contribution in [3.05, 3.63) is 71.6 Å². The average Bonchev–Trinajstić information content (AvgIpc) is 2.51. The fraction of sp³-hybridized carbons (Fsp3) is 0.176. The maximum Gasteiger partial charge on any atom is 0.244 e. The van der Waals surface area contributed by atoms with Crippen molar-refractivity contribution in [1.29, 1.82) is 0 Å². The largest absolute Gasteiger partial charge is 0.383 e. The Labute approximate surface area is 132 Å². The van der Waals surface area contributed by atoms with Gasteiger partial charge in [0.1, 0.15) is 17.2 Å². The van der Waals surface area contributed by atoms with E-state index in [1.807, 2.05) is 0 Å². The molecule has 1 atom stereocenters. The van der Waals surface area contributed by atoms with Crippen molar-refractivity contribution < 1.29 is 18.7 Å². The van der Waals surface area contributed by atoms with Gasteiger partial charge in [-0.2, -0.15) is 0 Å². The zero-order chi connectivity index (χ0) is 16.9. The van der Waals surface area contributed by atoms with Crippen LogP contribution in [0.5, 0.6) is 0 Å². The van der Waals surface area contributed by atoms with E-state index in [0.717, 1.165) is 17.7 Å². The number of carbonyl (C=O) groups excluding carboxylic acids is 1. The summed E-state index contributed by atoms with van der Waals surface area (Å²) in [4.78, 5) is 15.7. The van der Waals surface area contributed by atoms with E-state index in [1.165, 1.54) is 13.0 Å². The van der Waals surface area contributed by atoms with Crippen molar-refractivity contribution in [3.8, 4) is 0 Å². The highest BCUT2D eigenvalue weighted by Gasteiger charge is 2.27. The summed E-state index contributed by atoms with van der Waals surface area (Å²) in [6.45, 7) is 1.13. The first kappa shape index (κ1) is 16.8. The Bertz CT molecular complexity index is 716. The molecule has 0 aliphatic carbocycles. The maximum absolute atomic E-state index is 13.7. The summed E-state index contributed by atoms with van der Waals surface area (Å²) >= 11 is 0. The number of nitrogens with zero attached hydrogens (tertiary/aromatic N) is 1. The number of benzene rings is 1. The Morgan fingerprint density at radius 1 is 1.39 bits per heavy atom. The molecule has 0 saturated heterocycles. The van der Waals surface area contributed by atoms with Crippen LogP contribution in [-0.4, -0.2) is 22.5 Å². The van der Waals surface area contributed by atoms with Gasteiger partial charge in [-0.3, -0.25) is 9.78 Å². The third kappa shape index (κ3) is 4.69. The second-order valence-electron chi connectivity index (χ2n) is 5.24. The summed E-state index contributed by atoms with van der Waals surface area (Å²) in [5, 5.41) is 12.8. The monoisotopic (exact) mass is 318 g/mol. The number of carbonyl (C=O) groups is 1. The molecule has 1 aromatic heterocycles. The minimum Gasteiger partial charge on any atom is -0.383 e. The van der Waals surface area contributed by atoms with Crippen LogP contribution in [0.15, 0.2) is 48.8 Å². The molecule has 1 heterocycles. The first-order valence-electron chi connectivity index (χ1n) is 6.92. The molecule has 2 rings (SSSR count). The quantitative estimate of drug-likeness (QED) is 0.832. The SMILES string of the molecule is CC(O)(CNC(=O)C=Cc1cccnc1)c1ccc(F)cc1F. The van der Waals surface area contributed by atoms with E-state index >= 15 is 0 Å². The molecule has 0 spiro atoms. The second-order valence-corrected chi connectivity index (χ2v) is 5.24. The lowest BCUT2D eigenvalue weighted by molar-refractivity contribution is -0.117. The van der Waals surface area contributed by atoms with Crippen LogP contribution in [0, 0.1) is 11.6 Å². The van der Waals surface area contributed by atoms with Crippen LogP contribution < -0.4 is 5.32 Å². The number of amides is 1. The van der Waals surface area contributed by atoms with Crippen LogP contribution in [0.4, 0.5) is 8.78 Å². The molecule has 1 unspecified atom stereocenters. The molecular weight excluding hydrogens is 302 g/mol. The van der Waals surface area contributed by atoms with Crippen molar-refractivity contribution >= 4 is 12.0 Å². The lowest BCUT2D eigenvalue weighted by Gasteiger charge is -2.24. The molecule has 2 N–H and O–H groups in total. The summed E-state index contributed by atoms with van der Waals surface area (Å²) in [6.07, 6.45) is 6.06. The molecule has 0 radical (unpaired) electrons. The first-order valence-corrected chi connectivity index (χ1v) is 6.92. The molecule has 1 amide bonds. The number of aromatic nitrogens is 1. The zero-order valence-electron chi connectivity index (χ0n) is 12.5. The molecule has 6 heteroatoms. The Kier molecular flexibility index (Phi) is 5.18. The number of halogens is 2. The minimum atomic E-state index is -1.66. The molecule has 1 aromatic carbocycles. The molecule has 0 saturated carbocycles. The highest BCUT2D eigenvalue weighted by Crippen LogP contribution is 2.23. The van der Waals surface area contributed by atoms with Crippen LogP contribution in [0.2, 0.25) is 0 Å². The lowest BCUT2D eigenvalue weighted by atomic mass is 9.95. The number of nitrogens with one attached hydrogen (secondary N) is 1. The van der Waals surface area contributed by atoms with Crippen LogP contribution >= 0.6 is 0 Å². The summed E-state index contributed by atoms with van der Waals surface area (Å²) < 4.78 is 26.6. The number of aliphatic hydroxyl groups is 1. The van der Waals surface area contributed by atoms with Gasteiger partial charge in [0, 0.05) is 30.1 Å². The van der Waals surface area contributed by atoms with E-state index in [4.69, 9.17) is 0 Å². The van der Waals surface area contributed by atoms with Crippen molar-refractivity contribution in [2.45, 2.75) is 12.5 Å². The molecule has 4 nitrogen and oxygen atoms in total. The van der Waals surface area contributed by atoms with Gasteiger partial charge in [0.05, 0.1) is 6.54 Å². The van der Waals surface area contributed by atoms with Crippen LogP contribution in [-0.2, 0) is 10.4 Å². The van der Waals surface area contributed by atoms with Crippen LogP contribution in [0.25, 0.3) is 6.08 Å². The highest BCUT2D eigenvalue weighted by molar-refractivity contribution is 5.91. The predicted molar refractivity (Wildman–Crippen MR) is 82.2 cm³/mol. The lowest BCUT2D eigenvalue weighted by Crippen LogP contribution is -2.38. The number of rotatable bonds is 5. The van der Waals surface area contributed by atoms with E-state index < -0.39 is 23.1 Å². The van der Waals surface area contributed by atoms with Crippen LogP contribution in [0.3, 0.4) is 0 Å². The molecule has 0 fully saturated rings. The predicted octanol–water partition coefficient (Wildman–Crippen LogP) is 2.40. The van der Waals surface area contributed by atoms with Crippen molar-refractivity contribution in [2.24, 2.45) is 0 Å². The average molecular weight is 318 g/mol. The van der Waals surface area contributed by atoms with Gasteiger partial charge in [0.15, 0.2) is 0 Å². The van der Waals surface area contributed by atoms with E-state index in [9.17, 15) is 18.7 Å². The number of hydrogen-bond acceptors (Lipinski definition) is 3. The van der Waals surface area contributed by atoms with Gasteiger partial charge in [-0.25, -0.2) is 8.78 Å². The van der Waals surface area contributed by atoms with Gasteiger partial charge < -0.3 is 10.4 Å². The van der Waals surface area contributed by atoms with E-state index in [0.29, 0.717) is 6.07 Å². The summed E-state index contributed by atoms with van der Waals surface area (Å²) in [7, 11) is 0. The maximum atomic E-state index is 13.7. The second kappa shape index (κ2) is 7.11. The number of hydrogen-bond donors (Lipinski definition) is 2. The molecule has 23 heavy (non-hydrogen) atoms. The Morgan fingerprint density at radius 2 is 2.17 bits per heavy atom. The van der Waals surface area contributed by atoms with E-state index in [2.05, 4.69) is 10.3 Å². The smallest absolute Gasteiger partial charge is 0.244 e. The van der Waals surface area contributed by atoms with Gasteiger partial charge in [0.25, 0.3) is 0 Å². The Hall–Kier alpha value is -2.60. The Morgan fingerprint density at radius 3 is 2.83 bits per heavy atom. The van der Waals surface area contributed by atoms with Gasteiger partial charge in [-0.15, -0.1) is 0 Å². The topological polar surface area (TPSA) is 62.2 Å². The van der Waals surface area contributed by atoms with E-state index in [1.54, 1.807) is 30.6 Å². The van der Waals surface area contributed by atoms with Gasteiger partial charge in [-0.05, 0) is 30.7 Å². The van der Waals surface area contributed by atoms with Gasteiger partial charge >= 0.3 is 0 Å². The first-order chi connectivity index (χ1) is 10.9. The third-order valence-electron chi connectivity index (χ3n) is 3.23. The van der Waals surface area contributed by atoms with E-state index in [-0.39, 0.29) is 12.1 Å². The van der Waals surface area contributed by atoms with Crippen LogP contribution in [0.1, 0.15) is 18.1 Å². The molecule has 0 aliphatic heterocycles. The summed E-state index contributed by atoms with van der Waals surface area (Å²) in [6, 6.07) is 6.41. The third-order valence-corrected chi connectivity index (χ3v) is 3.23. The van der Waals surface area contributed by atoms with Crippen molar-refractivity contribution in [2.75, 3.05) is 6.54 Å². The molecule has 120 valence electrons. The van der Waals surface area contributed by atoms with Crippen molar-refractivity contribution in [3.63, 3.8) is 0 Å². The fourth-order valence-electron chi connectivity index (χ4n) is 1.99. The zero-order valence-corrected chi connectivity index (χ0v) is 12.5. The normalized spacial score (nSPS) is 13.7. The molecule has 2 aromatic rings. The molecule has 0 bridgehead atoms. The number of pyridine rings is 1. The fourth-order valence-corrected chi connectivity index (χ4v) is 1.99. The Balaban J connectivity index is 1.98.